The van der Waals surface area contributed by atoms with Crippen molar-refractivity contribution >= 4 is 23.4 Å². The fourth-order valence-electron chi connectivity index (χ4n) is 2.72. The molecule has 0 aliphatic heterocycles. The lowest BCUT2D eigenvalue weighted by Crippen LogP contribution is -2.00. The lowest BCUT2D eigenvalue weighted by atomic mass is 10.2. The van der Waals surface area contributed by atoms with Crippen LogP contribution in [0.5, 0.6) is 0 Å². The fraction of sp³-hybridized carbons (Fsp3) is 0.150. The van der Waals surface area contributed by atoms with Gasteiger partial charge in [0.05, 0.1) is 10.9 Å². The van der Waals surface area contributed by atoms with Crippen LogP contribution in [-0.4, -0.2) is 19.7 Å². The van der Waals surface area contributed by atoms with E-state index in [1.165, 1.54) is 0 Å². The molecule has 2 heterocycles. The van der Waals surface area contributed by atoms with E-state index in [-0.39, 0.29) is 5.25 Å². The Hall–Kier alpha value is -2.57. The van der Waals surface area contributed by atoms with Crippen molar-refractivity contribution in [3.8, 4) is 17.1 Å². The summed E-state index contributed by atoms with van der Waals surface area (Å²) in [4.78, 5) is 4.49. The zero-order valence-corrected chi connectivity index (χ0v) is 16.4. The molecule has 0 aliphatic rings. The Balaban J connectivity index is 1.58. The van der Waals surface area contributed by atoms with Crippen molar-refractivity contribution in [3.05, 3.63) is 77.4 Å². The second kappa shape index (κ2) is 7.58. The minimum Gasteiger partial charge on any atom is -0.419 e. The van der Waals surface area contributed by atoms with Gasteiger partial charge in [0.25, 0.3) is 0 Å². The number of rotatable bonds is 5. The first-order chi connectivity index (χ1) is 13.1. The summed E-state index contributed by atoms with van der Waals surface area (Å²) in [6, 6.07) is 15.6. The second-order valence-electron chi connectivity index (χ2n) is 6.04. The molecule has 2 aromatic heterocycles. The van der Waals surface area contributed by atoms with Gasteiger partial charge in [0, 0.05) is 23.0 Å². The van der Waals surface area contributed by atoms with Crippen LogP contribution in [0.2, 0.25) is 5.02 Å². The summed E-state index contributed by atoms with van der Waals surface area (Å²) >= 11 is 7.83. The van der Waals surface area contributed by atoms with Crippen LogP contribution in [-0.2, 0) is 0 Å². The number of thioether (sulfide) groups is 1. The topological polar surface area (TPSA) is 56.7 Å². The van der Waals surface area contributed by atoms with E-state index in [4.69, 9.17) is 16.0 Å². The summed E-state index contributed by atoms with van der Waals surface area (Å²) in [5.74, 6) is 1.09. The maximum atomic E-state index is 6.27. The van der Waals surface area contributed by atoms with Gasteiger partial charge >= 0.3 is 0 Å². The minimum atomic E-state index is -0.0457. The Labute approximate surface area is 166 Å². The largest absolute Gasteiger partial charge is 0.419 e. The molecule has 0 saturated heterocycles. The Morgan fingerprint density at radius 2 is 1.89 bits per heavy atom. The normalized spacial score (nSPS) is 12.3. The third-order valence-electron chi connectivity index (χ3n) is 4.20. The fourth-order valence-corrected chi connectivity index (χ4v) is 3.80. The number of hydrogen-bond acceptors (Lipinski definition) is 5. The smallest absolute Gasteiger partial charge is 0.247 e. The number of halogens is 1. The molecule has 27 heavy (non-hydrogen) atoms. The van der Waals surface area contributed by atoms with Gasteiger partial charge < -0.3 is 4.42 Å². The highest BCUT2D eigenvalue weighted by molar-refractivity contribution is 7.99. The number of imidazole rings is 1. The van der Waals surface area contributed by atoms with Crippen molar-refractivity contribution in [1.82, 2.24) is 19.7 Å². The van der Waals surface area contributed by atoms with Crippen molar-refractivity contribution in [2.75, 3.05) is 0 Å². The van der Waals surface area contributed by atoms with Crippen LogP contribution < -0.4 is 0 Å². The van der Waals surface area contributed by atoms with E-state index in [1.807, 2.05) is 73.1 Å². The monoisotopic (exact) mass is 396 g/mol. The number of benzene rings is 2. The van der Waals surface area contributed by atoms with Gasteiger partial charge in [-0.3, -0.25) is 4.57 Å². The van der Waals surface area contributed by atoms with E-state index in [0.29, 0.717) is 11.8 Å². The number of hydrogen-bond donors (Lipinski definition) is 0. The SMILES string of the molecule is Cc1c(Cl)cccc1-n1ccnc1SC(C)c1nnc(-c2ccccc2)o1. The number of aromatic nitrogens is 4. The molecule has 7 heteroatoms. The average molecular weight is 397 g/mol. The molecular weight excluding hydrogens is 380 g/mol. The molecule has 5 nitrogen and oxygen atoms in total. The van der Waals surface area contributed by atoms with E-state index >= 15 is 0 Å². The zero-order valence-electron chi connectivity index (χ0n) is 14.8. The Bertz CT molecular complexity index is 1060. The third kappa shape index (κ3) is 3.63. The lowest BCUT2D eigenvalue weighted by molar-refractivity contribution is 0.509. The minimum absolute atomic E-state index is 0.0457. The maximum absolute atomic E-state index is 6.27. The molecule has 0 bridgehead atoms. The van der Waals surface area contributed by atoms with Crippen LogP contribution in [0.15, 0.2) is 70.5 Å². The molecule has 4 rings (SSSR count). The maximum Gasteiger partial charge on any atom is 0.247 e. The van der Waals surface area contributed by atoms with Crippen LogP contribution in [0, 0.1) is 6.92 Å². The molecule has 0 amide bonds. The predicted molar refractivity (Wildman–Crippen MR) is 107 cm³/mol. The highest BCUT2D eigenvalue weighted by Gasteiger charge is 2.19. The van der Waals surface area contributed by atoms with E-state index in [2.05, 4.69) is 15.2 Å². The second-order valence-corrected chi connectivity index (χ2v) is 7.75. The molecule has 1 atom stereocenters. The van der Waals surface area contributed by atoms with E-state index in [0.717, 1.165) is 27.0 Å². The van der Waals surface area contributed by atoms with Gasteiger partial charge in [0.15, 0.2) is 5.16 Å². The Morgan fingerprint density at radius 3 is 2.70 bits per heavy atom. The summed E-state index contributed by atoms with van der Waals surface area (Å²) in [7, 11) is 0. The van der Waals surface area contributed by atoms with Crippen molar-refractivity contribution in [3.63, 3.8) is 0 Å². The van der Waals surface area contributed by atoms with Gasteiger partial charge in [-0.25, -0.2) is 4.98 Å². The van der Waals surface area contributed by atoms with Crippen LogP contribution in [0.4, 0.5) is 0 Å². The summed E-state index contributed by atoms with van der Waals surface area (Å²) in [6.45, 7) is 4.02. The molecule has 0 saturated carbocycles. The molecule has 1 unspecified atom stereocenters. The summed E-state index contributed by atoms with van der Waals surface area (Å²) in [5.41, 5.74) is 2.92. The van der Waals surface area contributed by atoms with E-state index in [9.17, 15) is 0 Å². The van der Waals surface area contributed by atoms with Crippen LogP contribution in [0.25, 0.3) is 17.1 Å². The van der Waals surface area contributed by atoms with Gasteiger partial charge in [-0.15, -0.1) is 10.2 Å². The quantitative estimate of drug-likeness (QED) is 0.403. The van der Waals surface area contributed by atoms with Crippen molar-refractivity contribution in [1.29, 1.82) is 0 Å². The van der Waals surface area contributed by atoms with Crippen molar-refractivity contribution in [2.24, 2.45) is 0 Å². The molecular formula is C20H17ClN4OS. The first-order valence-electron chi connectivity index (χ1n) is 8.48. The molecule has 136 valence electrons. The predicted octanol–water partition coefficient (Wildman–Crippen LogP) is 5.74. The molecule has 0 spiro atoms. The van der Waals surface area contributed by atoms with Gasteiger partial charge in [-0.1, -0.05) is 47.6 Å². The highest BCUT2D eigenvalue weighted by atomic mass is 35.5. The summed E-state index contributed by atoms with van der Waals surface area (Å²) in [5, 5.41) is 9.91. The first-order valence-corrected chi connectivity index (χ1v) is 9.73. The molecule has 0 radical (unpaired) electrons. The van der Waals surface area contributed by atoms with Crippen molar-refractivity contribution in [2.45, 2.75) is 24.3 Å². The molecule has 0 N–H and O–H groups in total. The standard InChI is InChI=1S/C20H17ClN4OS/c1-13-16(21)9-6-10-17(13)25-12-11-22-20(25)27-14(2)18-23-24-19(26-18)15-7-4-3-5-8-15/h3-12,14H,1-2H3. The van der Waals surface area contributed by atoms with Crippen LogP contribution >= 0.6 is 23.4 Å². The Morgan fingerprint density at radius 1 is 1.07 bits per heavy atom. The van der Waals surface area contributed by atoms with Crippen LogP contribution in [0.1, 0.15) is 23.6 Å². The molecule has 2 aromatic carbocycles. The first kappa shape index (κ1) is 17.8. The molecule has 0 fully saturated rings. The lowest BCUT2D eigenvalue weighted by Gasteiger charge is -2.13. The van der Waals surface area contributed by atoms with Gasteiger partial charge in [0.1, 0.15) is 0 Å². The molecule has 0 aliphatic carbocycles. The van der Waals surface area contributed by atoms with Crippen LogP contribution in [0.3, 0.4) is 0 Å². The Kier molecular flexibility index (Phi) is 5.01. The van der Waals surface area contributed by atoms with E-state index < -0.39 is 0 Å². The third-order valence-corrected chi connectivity index (χ3v) is 5.67. The average Bonchev–Trinajstić information content (AvgIpc) is 3.34. The van der Waals surface area contributed by atoms with Gasteiger partial charge in [-0.2, -0.15) is 0 Å². The van der Waals surface area contributed by atoms with Gasteiger partial charge in [0.2, 0.25) is 11.8 Å². The van der Waals surface area contributed by atoms with Crippen molar-refractivity contribution < 1.29 is 4.42 Å². The van der Waals surface area contributed by atoms with E-state index in [1.54, 1.807) is 18.0 Å². The summed E-state index contributed by atoms with van der Waals surface area (Å²) in [6.07, 6.45) is 3.70. The van der Waals surface area contributed by atoms with Gasteiger partial charge in [-0.05, 0) is 43.7 Å². The zero-order chi connectivity index (χ0) is 18.8. The number of nitrogens with zero attached hydrogens (tertiary/aromatic N) is 4. The molecule has 4 aromatic rings. The summed E-state index contributed by atoms with van der Waals surface area (Å²) < 4.78 is 7.89. The highest BCUT2D eigenvalue weighted by Crippen LogP contribution is 2.36.